The average Bonchev–Trinajstić information content (AvgIpc) is 3.23. The molecule has 1 aromatic rings. The molecule has 1 atom stereocenters. The fourth-order valence-corrected chi connectivity index (χ4v) is 2.33. The molecule has 1 saturated carbocycles. The Labute approximate surface area is 117 Å². The molecule has 3 rings (SSSR count). The van der Waals surface area contributed by atoms with E-state index in [0.717, 1.165) is 18.5 Å². The lowest BCUT2D eigenvalue weighted by molar-refractivity contribution is -0.125. The second kappa shape index (κ2) is 5.15. The predicted octanol–water partition coefficient (Wildman–Crippen LogP) is 1.47. The summed E-state index contributed by atoms with van der Waals surface area (Å²) in [5.41, 5.74) is 0.745. The van der Waals surface area contributed by atoms with E-state index < -0.39 is 6.10 Å². The Kier molecular flexibility index (Phi) is 3.34. The lowest BCUT2D eigenvalue weighted by Gasteiger charge is -2.32. The molecular formula is C15H18N2O3. The molecule has 106 valence electrons. The van der Waals surface area contributed by atoms with E-state index in [1.807, 2.05) is 24.3 Å². The van der Waals surface area contributed by atoms with Gasteiger partial charge in [-0.25, -0.2) is 0 Å². The van der Waals surface area contributed by atoms with Crippen molar-refractivity contribution in [1.29, 1.82) is 0 Å². The maximum absolute atomic E-state index is 12.2. The van der Waals surface area contributed by atoms with Crippen LogP contribution in [-0.2, 0) is 9.59 Å². The topological polar surface area (TPSA) is 58.6 Å². The van der Waals surface area contributed by atoms with Gasteiger partial charge in [-0.1, -0.05) is 12.1 Å². The molecule has 1 N–H and O–H groups in total. The van der Waals surface area contributed by atoms with Gasteiger partial charge in [0.1, 0.15) is 5.75 Å². The van der Waals surface area contributed by atoms with Crippen LogP contribution in [0.15, 0.2) is 24.3 Å². The van der Waals surface area contributed by atoms with Crippen LogP contribution in [0.1, 0.15) is 26.2 Å². The van der Waals surface area contributed by atoms with E-state index in [1.165, 1.54) is 0 Å². The van der Waals surface area contributed by atoms with Crippen molar-refractivity contribution in [3.63, 3.8) is 0 Å². The maximum Gasteiger partial charge on any atom is 0.267 e. The van der Waals surface area contributed by atoms with Gasteiger partial charge < -0.3 is 15.0 Å². The average molecular weight is 274 g/mol. The molecule has 1 aromatic carbocycles. The number of rotatable bonds is 4. The van der Waals surface area contributed by atoms with Crippen LogP contribution in [0.4, 0.5) is 5.69 Å². The lowest BCUT2D eigenvalue weighted by Crippen LogP contribution is -2.45. The Hall–Kier alpha value is -2.04. The van der Waals surface area contributed by atoms with E-state index in [9.17, 15) is 9.59 Å². The van der Waals surface area contributed by atoms with Crippen LogP contribution in [0, 0.1) is 0 Å². The van der Waals surface area contributed by atoms with E-state index in [2.05, 4.69) is 5.32 Å². The molecule has 2 amide bonds. The number of carbonyl (C=O) groups excluding carboxylic acids is 2. The first-order valence-corrected chi connectivity index (χ1v) is 7.01. The first-order valence-electron chi connectivity index (χ1n) is 7.01. The standard InChI is InChI=1S/C15H18N2O3/c1-10-15(19)17(9-8-14(18)16-11-6-7-11)12-4-2-3-5-13(12)20-10/h2-5,10-11H,6-9H2,1H3,(H,16,18). The summed E-state index contributed by atoms with van der Waals surface area (Å²) >= 11 is 0. The molecule has 2 aliphatic rings. The predicted molar refractivity (Wildman–Crippen MR) is 74.7 cm³/mol. The number of anilines is 1. The van der Waals surface area contributed by atoms with Crippen LogP contribution < -0.4 is 15.0 Å². The van der Waals surface area contributed by atoms with Gasteiger partial charge in [-0.15, -0.1) is 0 Å². The number of hydrogen-bond acceptors (Lipinski definition) is 3. The smallest absolute Gasteiger partial charge is 0.267 e. The SMILES string of the molecule is CC1Oc2ccccc2N(CCC(=O)NC2CC2)C1=O. The minimum atomic E-state index is -0.503. The highest BCUT2D eigenvalue weighted by molar-refractivity contribution is 6.00. The van der Waals surface area contributed by atoms with E-state index in [1.54, 1.807) is 11.8 Å². The summed E-state index contributed by atoms with van der Waals surface area (Å²) in [5.74, 6) is 0.613. The summed E-state index contributed by atoms with van der Waals surface area (Å²) in [5, 5.41) is 2.94. The van der Waals surface area contributed by atoms with Crippen molar-refractivity contribution < 1.29 is 14.3 Å². The quantitative estimate of drug-likeness (QED) is 0.904. The molecule has 0 bridgehead atoms. The van der Waals surface area contributed by atoms with E-state index >= 15 is 0 Å². The fourth-order valence-electron chi connectivity index (χ4n) is 2.33. The summed E-state index contributed by atoms with van der Waals surface area (Å²) in [7, 11) is 0. The molecule has 0 aromatic heterocycles. The molecule has 1 aliphatic heterocycles. The highest BCUT2D eigenvalue weighted by Crippen LogP contribution is 2.33. The number of fused-ring (bicyclic) bond motifs is 1. The summed E-state index contributed by atoms with van der Waals surface area (Å²) in [6, 6.07) is 7.78. The molecule has 1 heterocycles. The third-order valence-corrected chi connectivity index (χ3v) is 3.58. The Morgan fingerprint density at radius 3 is 2.90 bits per heavy atom. The van der Waals surface area contributed by atoms with Gasteiger partial charge in [0.15, 0.2) is 6.10 Å². The van der Waals surface area contributed by atoms with Crippen molar-refractivity contribution in [2.24, 2.45) is 0 Å². The number of nitrogens with zero attached hydrogens (tertiary/aromatic N) is 1. The third kappa shape index (κ3) is 2.61. The first-order chi connectivity index (χ1) is 9.65. The zero-order valence-electron chi connectivity index (χ0n) is 11.5. The van der Waals surface area contributed by atoms with Crippen LogP contribution in [0.3, 0.4) is 0 Å². The van der Waals surface area contributed by atoms with Crippen molar-refractivity contribution in [2.45, 2.75) is 38.3 Å². The number of hydrogen-bond donors (Lipinski definition) is 1. The van der Waals surface area contributed by atoms with Gasteiger partial charge in [-0.2, -0.15) is 0 Å². The number of benzene rings is 1. The lowest BCUT2D eigenvalue weighted by atomic mass is 10.1. The molecule has 1 aliphatic carbocycles. The van der Waals surface area contributed by atoms with Gasteiger partial charge in [0.25, 0.3) is 5.91 Å². The molecule has 5 heteroatoms. The van der Waals surface area contributed by atoms with Crippen LogP contribution in [0.2, 0.25) is 0 Å². The fraction of sp³-hybridized carbons (Fsp3) is 0.467. The Bertz CT molecular complexity index is 540. The highest BCUT2D eigenvalue weighted by atomic mass is 16.5. The van der Waals surface area contributed by atoms with Crippen LogP contribution in [-0.4, -0.2) is 30.5 Å². The molecule has 1 unspecified atom stereocenters. The van der Waals surface area contributed by atoms with Gasteiger partial charge in [0.2, 0.25) is 5.91 Å². The first kappa shape index (κ1) is 13.0. The number of amides is 2. The van der Waals surface area contributed by atoms with Crippen LogP contribution in [0.25, 0.3) is 0 Å². The molecule has 5 nitrogen and oxygen atoms in total. The zero-order valence-corrected chi connectivity index (χ0v) is 11.5. The minimum Gasteiger partial charge on any atom is -0.479 e. The van der Waals surface area contributed by atoms with E-state index in [0.29, 0.717) is 24.8 Å². The third-order valence-electron chi connectivity index (χ3n) is 3.58. The van der Waals surface area contributed by atoms with Gasteiger partial charge in [-0.3, -0.25) is 9.59 Å². The van der Waals surface area contributed by atoms with Crippen molar-refractivity contribution in [2.75, 3.05) is 11.4 Å². The molecule has 1 fully saturated rings. The zero-order chi connectivity index (χ0) is 14.1. The molecule has 0 saturated heterocycles. The normalized spacial score (nSPS) is 21.1. The minimum absolute atomic E-state index is 0.0110. The van der Waals surface area contributed by atoms with E-state index in [-0.39, 0.29) is 11.8 Å². The summed E-state index contributed by atoms with van der Waals surface area (Å²) < 4.78 is 5.56. The highest BCUT2D eigenvalue weighted by Gasteiger charge is 2.31. The monoisotopic (exact) mass is 274 g/mol. The Morgan fingerprint density at radius 2 is 2.15 bits per heavy atom. The number of nitrogens with one attached hydrogen (secondary N) is 1. The van der Waals surface area contributed by atoms with Gasteiger partial charge in [-0.05, 0) is 31.9 Å². The van der Waals surface area contributed by atoms with Crippen molar-refractivity contribution in [3.8, 4) is 5.75 Å². The van der Waals surface area contributed by atoms with Crippen LogP contribution >= 0.6 is 0 Å². The van der Waals surface area contributed by atoms with E-state index in [4.69, 9.17) is 4.74 Å². The van der Waals surface area contributed by atoms with Crippen molar-refractivity contribution in [3.05, 3.63) is 24.3 Å². The van der Waals surface area contributed by atoms with Gasteiger partial charge in [0, 0.05) is 19.0 Å². The maximum atomic E-state index is 12.2. The van der Waals surface area contributed by atoms with Crippen molar-refractivity contribution >= 4 is 17.5 Å². The molecule has 0 radical (unpaired) electrons. The number of ether oxygens (including phenoxy) is 1. The second-order valence-corrected chi connectivity index (χ2v) is 5.31. The van der Waals surface area contributed by atoms with Crippen molar-refractivity contribution in [1.82, 2.24) is 5.32 Å². The second-order valence-electron chi connectivity index (χ2n) is 5.31. The summed E-state index contributed by atoms with van der Waals surface area (Å²) in [6.07, 6.45) is 1.96. The molecular weight excluding hydrogens is 256 g/mol. The van der Waals surface area contributed by atoms with Crippen LogP contribution in [0.5, 0.6) is 5.75 Å². The summed E-state index contributed by atoms with van der Waals surface area (Å²) in [6.45, 7) is 2.12. The number of para-hydroxylation sites is 2. The Morgan fingerprint density at radius 1 is 1.40 bits per heavy atom. The Balaban J connectivity index is 1.70. The molecule has 0 spiro atoms. The summed E-state index contributed by atoms with van der Waals surface area (Å²) in [4.78, 5) is 25.6. The number of carbonyl (C=O) groups is 2. The van der Waals surface area contributed by atoms with Gasteiger partial charge in [0.05, 0.1) is 5.69 Å². The largest absolute Gasteiger partial charge is 0.479 e. The molecule has 20 heavy (non-hydrogen) atoms. The van der Waals surface area contributed by atoms with Gasteiger partial charge >= 0.3 is 0 Å².